The normalized spacial score (nSPS) is 17.9. The number of aromatic nitrogens is 1. The molecule has 0 fully saturated rings. The molecule has 1 aliphatic heterocycles. The molecule has 2 aromatic heterocycles. The molecule has 1 aliphatic rings. The van der Waals surface area contributed by atoms with E-state index in [0.29, 0.717) is 11.3 Å². The number of sulfonamides is 1. The molecule has 0 bridgehead atoms. The average Bonchev–Trinajstić information content (AvgIpc) is 3.55. The van der Waals surface area contributed by atoms with Gasteiger partial charge >= 0.3 is 0 Å². The Balaban J connectivity index is 1.78. The summed E-state index contributed by atoms with van der Waals surface area (Å²) in [4.78, 5) is 12.0. The van der Waals surface area contributed by atoms with E-state index < -0.39 is 67.0 Å². The number of nitrogens with one attached hydrogen (secondary N) is 1. The minimum absolute atomic E-state index is 0.0703. The number of ether oxygens (including phenoxy) is 2. The number of Topliss-reactive ketones (excluding diaryl/α,β-unsaturated/α-hetero) is 1. The van der Waals surface area contributed by atoms with Crippen LogP contribution in [0.2, 0.25) is 6.43 Å². The molecule has 0 saturated heterocycles. The van der Waals surface area contributed by atoms with Gasteiger partial charge in [0, 0.05) is 13.2 Å². The largest absolute Gasteiger partial charge is 0.454 e. The van der Waals surface area contributed by atoms with E-state index in [4.69, 9.17) is 32.1 Å². The molecule has 8 nitrogen and oxygen atoms in total. The number of rotatable bonds is 6. The van der Waals surface area contributed by atoms with Crippen LogP contribution in [0.3, 0.4) is 0 Å². The zero-order chi connectivity index (χ0) is 27.7. The number of nitrogens with zero attached hydrogens (tertiary/aromatic N) is 1. The minimum Gasteiger partial charge on any atom is -0.454 e. The molecule has 11 heteroatoms. The maximum absolute atomic E-state index is 13.4. The van der Waals surface area contributed by atoms with E-state index in [9.17, 15) is 13.2 Å². The van der Waals surface area contributed by atoms with Crippen molar-refractivity contribution < 1.29 is 38.2 Å². The van der Waals surface area contributed by atoms with Crippen molar-refractivity contribution in [3.8, 4) is 11.5 Å². The summed E-state index contributed by atoms with van der Waals surface area (Å²) >= 11 is 6.46. The van der Waals surface area contributed by atoms with Gasteiger partial charge in [-0.25, -0.2) is 13.1 Å². The van der Waals surface area contributed by atoms with Crippen LogP contribution >= 0.6 is 22.9 Å². The van der Waals surface area contributed by atoms with Crippen LogP contribution in [0.15, 0.2) is 32.9 Å². The van der Waals surface area contributed by atoms with Crippen molar-refractivity contribution in [3.63, 3.8) is 0 Å². The number of hydrogen-bond acceptors (Lipinski definition) is 8. The van der Waals surface area contributed by atoms with Crippen LogP contribution in [0.1, 0.15) is 36.1 Å². The number of benzene rings is 1. The van der Waals surface area contributed by atoms with Gasteiger partial charge in [0.15, 0.2) is 18.7 Å². The number of anilines is 1. The van der Waals surface area contributed by atoms with Gasteiger partial charge in [0.1, 0.15) is 15.6 Å². The molecular weight excluding hydrogens is 440 g/mol. The first-order chi connectivity index (χ1) is 17.0. The van der Waals surface area contributed by atoms with E-state index in [0.717, 1.165) is 6.07 Å². The van der Waals surface area contributed by atoms with Gasteiger partial charge in [-0.15, -0.1) is 11.3 Å². The second-order valence-electron chi connectivity index (χ2n) is 5.60. The fraction of sp³-hybridized carbons (Fsp3) is 0.222. The van der Waals surface area contributed by atoms with Gasteiger partial charge in [-0.2, -0.15) is 0 Å². The number of ketones is 1. The Morgan fingerprint density at radius 2 is 2.24 bits per heavy atom. The molecule has 0 saturated carbocycles. The predicted octanol–water partition coefficient (Wildman–Crippen LogP) is 3.96. The molecule has 0 radical (unpaired) electrons. The monoisotopic (exact) mass is 462 g/mol. The molecule has 0 aliphatic carbocycles. The quantitative estimate of drug-likeness (QED) is 0.552. The summed E-state index contributed by atoms with van der Waals surface area (Å²) in [5.41, 5.74) is -1.37. The standard InChI is InChI=1S/C18H15ClN2O6S2/c1-9-5-13-14(26-8-25-13)7-11(9)6-12(22)17-15(3-4-28-17)29(23,24)21-18-16(19)10(2)20-27-18/h3-5,7,21H,6,8H2,1-2H3/i2D3,5D,6D2,7D/hD. The zero-order valence-corrected chi connectivity index (χ0v) is 16.8. The van der Waals surface area contributed by atoms with Crippen LogP contribution in [0.4, 0.5) is 5.88 Å². The summed E-state index contributed by atoms with van der Waals surface area (Å²) in [7, 11) is -4.97. The predicted molar refractivity (Wildman–Crippen MR) is 107 cm³/mol. The number of fused-ring (bicyclic) bond motifs is 1. The molecule has 0 unspecified atom stereocenters. The van der Waals surface area contributed by atoms with E-state index >= 15 is 0 Å². The Labute approximate surface area is 186 Å². The lowest BCUT2D eigenvalue weighted by atomic mass is 10.0. The van der Waals surface area contributed by atoms with Crippen molar-refractivity contribution in [2.24, 2.45) is 0 Å². The molecule has 1 aromatic carbocycles. The summed E-state index contributed by atoms with van der Waals surface area (Å²) < 4.78 is 105. The summed E-state index contributed by atoms with van der Waals surface area (Å²) in [6.45, 7) is -1.85. The van der Waals surface area contributed by atoms with Crippen molar-refractivity contribution in [2.45, 2.75) is 25.0 Å². The Morgan fingerprint density at radius 3 is 2.97 bits per heavy atom. The van der Waals surface area contributed by atoms with E-state index in [1.54, 1.807) is 0 Å². The van der Waals surface area contributed by atoms with Crippen LogP contribution < -0.4 is 14.2 Å². The highest BCUT2D eigenvalue weighted by atomic mass is 35.5. The molecule has 0 amide bonds. The molecule has 29 heavy (non-hydrogen) atoms. The van der Waals surface area contributed by atoms with E-state index in [1.165, 1.54) is 12.3 Å². The first-order valence-electron chi connectivity index (χ1n) is 11.7. The highest BCUT2D eigenvalue weighted by molar-refractivity contribution is 7.93. The van der Waals surface area contributed by atoms with Crippen molar-refractivity contribution in [3.05, 3.63) is 50.3 Å². The highest BCUT2D eigenvalue weighted by Gasteiger charge is 2.27. The van der Waals surface area contributed by atoms with Gasteiger partial charge in [0.2, 0.25) is 6.79 Å². The lowest BCUT2D eigenvalue weighted by molar-refractivity contribution is 0.0994. The minimum atomic E-state index is -4.97. The Kier molecular flexibility index (Phi) is 3.10. The fourth-order valence-corrected chi connectivity index (χ4v) is 4.75. The van der Waals surface area contributed by atoms with Crippen LogP contribution in [0, 0.1) is 13.8 Å². The third-order valence-electron chi connectivity index (χ3n) is 3.70. The van der Waals surface area contributed by atoms with Gasteiger partial charge in [-0.3, -0.25) is 4.79 Å². The molecule has 4 rings (SSSR count). The number of carbonyl (C=O) groups is 1. The molecule has 152 valence electrons. The van der Waals surface area contributed by atoms with E-state index in [-0.39, 0.29) is 34.6 Å². The first kappa shape index (κ1) is 12.2. The summed E-state index contributed by atoms with van der Waals surface area (Å²) in [6, 6.07) is 0.119. The number of halogens is 1. The maximum atomic E-state index is 13.4. The van der Waals surface area contributed by atoms with Gasteiger partial charge in [0.05, 0.1) is 7.62 Å². The van der Waals surface area contributed by atoms with Crippen molar-refractivity contribution in [1.29, 1.82) is 0 Å². The summed E-state index contributed by atoms with van der Waals surface area (Å²) in [5, 5.41) is 3.63. The number of aryl methyl sites for hydroxylation is 1. The van der Waals surface area contributed by atoms with Gasteiger partial charge in [-0.1, -0.05) is 16.8 Å². The lowest BCUT2D eigenvalue weighted by Gasteiger charge is -2.09. The zero-order valence-electron chi connectivity index (χ0n) is 22.4. The number of thiophene rings is 1. The number of hydrogen-bond donors (Lipinski definition) is 1. The Morgan fingerprint density at radius 1 is 1.48 bits per heavy atom. The smallest absolute Gasteiger partial charge is 0.265 e. The first-order valence-corrected chi connectivity index (χ1v) is 10.4. The maximum Gasteiger partial charge on any atom is 0.265 e. The molecule has 0 atom stereocenters. The fourth-order valence-electron chi connectivity index (χ4n) is 2.35. The van der Waals surface area contributed by atoms with E-state index in [1.807, 2.05) is 0 Å². The molecular formula is C18H15ClN2O6S2. The Hall–Kier alpha value is -2.56. The summed E-state index contributed by atoms with van der Waals surface area (Å²) in [6.07, 6.45) is -3.00. The van der Waals surface area contributed by atoms with Gasteiger partial charge in [0.25, 0.3) is 15.9 Å². The van der Waals surface area contributed by atoms with Crippen LogP contribution in [0.25, 0.3) is 0 Å². The Bertz CT molecular complexity index is 1540. The van der Waals surface area contributed by atoms with Crippen molar-refractivity contribution >= 4 is 44.6 Å². The van der Waals surface area contributed by atoms with Crippen molar-refractivity contribution in [2.75, 3.05) is 11.5 Å². The van der Waals surface area contributed by atoms with E-state index in [2.05, 4.69) is 9.68 Å². The molecule has 1 N–H and O–H groups in total. The third kappa shape index (κ3) is 3.70. The van der Waals surface area contributed by atoms with Crippen LogP contribution in [-0.4, -0.2) is 26.2 Å². The topological polar surface area (TPSA) is 108 Å². The van der Waals surface area contributed by atoms with Gasteiger partial charge < -0.3 is 14.0 Å². The third-order valence-corrected chi connectivity index (χ3v) is 6.39. The molecule has 3 heterocycles. The highest BCUT2D eigenvalue weighted by Crippen LogP contribution is 2.36. The summed E-state index contributed by atoms with van der Waals surface area (Å²) in [5.74, 6) is -2.60. The van der Waals surface area contributed by atoms with Crippen LogP contribution in [0.5, 0.6) is 11.5 Å². The second-order valence-corrected chi connectivity index (χ2v) is 8.47. The number of carbonyl (C=O) groups excluding carboxylic acids is 1. The van der Waals surface area contributed by atoms with Crippen molar-refractivity contribution in [1.82, 2.24) is 5.16 Å². The average molecular weight is 463 g/mol. The SMILES string of the molecule is [2H]c1c(C)c(C([2H])([2H])C(=O)c2sccc2S(=O)(=O)N([2H])c2onc(C([2H])([2H])[2H])c2Cl)c([2H])c2c1OCO2. The van der Waals surface area contributed by atoms with Gasteiger partial charge in [-0.05, 0) is 48.4 Å². The molecule has 0 spiro atoms. The molecule has 3 aromatic rings. The lowest BCUT2D eigenvalue weighted by Crippen LogP contribution is -2.16. The second kappa shape index (κ2) is 7.36. The van der Waals surface area contributed by atoms with Crippen LogP contribution in [-0.2, 0) is 16.4 Å².